The van der Waals surface area contributed by atoms with Gasteiger partial charge in [0.15, 0.2) is 0 Å². The van der Waals surface area contributed by atoms with E-state index in [1.165, 1.54) is 12.1 Å². The molecule has 2 rings (SSSR count). The van der Waals surface area contributed by atoms with Crippen molar-refractivity contribution >= 4 is 5.97 Å². The fourth-order valence-electron chi connectivity index (χ4n) is 1.73. The van der Waals surface area contributed by atoms with Crippen LogP contribution in [0.5, 0.6) is 0 Å². The molecule has 0 radical (unpaired) electrons. The highest BCUT2D eigenvalue weighted by molar-refractivity contribution is 5.89. The van der Waals surface area contributed by atoms with E-state index in [4.69, 9.17) is 14.4 Å². The maximum Gasteiger partial charge on any atom is 0.335 e. The SMILES string of the molecule is CCC(C)(OC)c1nc(-c2cccc(C(=O)O)c2)no1. The van der Waals surface area contributed by atoms with Crippen molar-refractivity contribution in [2.24, 2.45) is 0 Å². The number of aromatic carboxylic acids is 1. The summed E-state index contributed by atoms with van der Waals surface area (Å²) in [6.45, 7) is 3.82. The molecule has 1 unspecified atom stereocenters. The van der Waals surface area contributed by atoms with E-state index in [1.807, 2.05) is 13.8 Å². The molecule has 0 aliphatic heterocycles. The molecule has 1 heterocycles. The van der Waals surface area contributed by atoms with Crippen LogP contribution in [-0.2, 0) is 10.3 Å². The number of nitrogens with zero attached hydrogens (tertiary/aromatic N) is 2. The normalized spacial score (nSPS) is 13.9. The van der Waals surface area contributed by atoms with Crippen molar-refractivity contribution in [3.63, 3.8) is 0 Å². The molecule has 1 aromatic heterocycles. The molecule has 6 nitrogen and oxygen atoms in total. The highest BCUT2D eigenvalue weighted by Crippen LogP contribution is 2.28. The molecule has 0 aliphatic carbocycles. The number of hydrogen-bond acceptors (Lipinski definition) is 5. The molecular weight excluding hydrogens is 260 g/mol. The molecule has 0 bridgehead atoms. The summed E-state index contributed by atoms with van der Waals surface area (Å²) in [5.41, 5.74) is 0.128. The van der Waals surface area contributed by atoms with E-state index in [-0.39, 0.29) is 5.56 Å². The third-order valence-electron chi connectivity index (χ3n) is 3.37. The molecule has 0 amide bonds. The standard InChI is InChI=1S/C14H16N2O4/c1-4-14(2,19-3)13-15-11(16-20-13)9-6-5-7-10(8-9)12(17)18/h5-8H,4H2,1-3H3,(H,17,18). The summed E-state index contributed by atoms with van der Waals surface area (Å²) >= 11 is 0. The van der Waals surface area contributed by atoms with Crippen molar-refractivity contribution in [1.82, 2.24) is 10.1 Å². The van der Waals surface area contributed by atoms with Crippen LogP contribution in [0.1, 0.15) is 36.5 Å². The summed E-state index contributed by atoms with van der Waals surface area (Å²) in [7, 11) is 1.58. The summed E-state index contributed by atoms with van der Waals surface area (Å²) in [6, 6.07) is 6.40. The van der Waals surface area contributed by atoms with Crippen LogP contribution in [0.15, 0.2) is 28.8 Å². The van der Waals surface area contributed by atoms with E-state index in [1.54, 1.807) is 19.2 Å². The topological polar surface area (TPSA) is 85.5 Å². The predicted octanol–water partition coefficient (Wildman–Crippen LogP) is 2.71. The zero-order valence-electron chi connectivity index (χ0n) is 11.6. The first kappa shape index (κ1) is 14.2. The first-order chi connectivity index (χ1) is 9.50. The van der Waals surface area contributed by atoms with Crippen LogP contribution in [0.3, 0.4) is 0 Å². The lowest BCUT2D eigenvalue weighted by Crippen LogP contribution is -2.23. The Hall–Kier alpha value is -2.21. The van der Waals surface area contributed by atoms with Crippen LogP contribution in [0, 0.1) is 0 Å². The fourth-order valence-corrected chi connectivity index (χ4v) is 1.73. The van der Waals surface area contributed by atoms with Gasteiger partial charge in [0.2, 0.25) is 5.82 Å². The Balaban J connectivity index is 2.38. The smallest absolute Gasteiger partial charge is 0.335 e. The molecule has 1 atom stereocenters. The van der Waals surface area contributed by atoms with Crippen molar-refractivity contribution in [1.29, 1.82) is 0 Å². The van der Waals surface area contributed by atoms with Gasteiger partial charge in [-0.2, -0.15) is 4.98 Å². The second kappa shape index (κ2) is 5.42. The van der Waals surface area contributed by atoms with Crippen LogP contribution in [0.25, 0.3) is 11.4 Å². The minimum absolute atomic E-state index is 0.179. The number of carbonyl (C=O) groups is 1. The average Bonchev–Trinajstić information content (AvgIpc) is 2.97. The third-order valence-corrected chi connectivity index (χ3v) is 3.37. The third kappa shape index (κ3) is 2.55. The molecule has 0 spiro atoms. The van der Waals surface area contributed by atoms with Crippen molar-refractivity contribution in [2.45, 2.75) is 25.9 Å². The Morgan fingerprint density at radius 1 is 1.50 bits per heavy atom. The van der Waals surface area contributed by atoms with Gasteiger partial charge in [-0.15, -0.1) is 0 Å². The number of methoxy groups -OCH3 is 1. The lowest BCUT2D eigenvalue weighted by molar-refractivity contribution is -0.0272. The Kier molecular flexibility index (Phi) is 3.85. The first-order valence-corrected chi connectivity index (χ1v) is 6.23. The average molecular weight is 276 g/mol. The maximum atomic E-state index is 11.0. The number of carboxylic acids is 1. The van der Waals surface area contributed by atoms with E-state index in [2.05, 4.69) is 10.1 Å². The number of benzene rings is 1. The Morgan fingerprint density at radius 2 is 2.25 bits per heavy atom. The summed E-state index contributed by atoms with van der Waals surface area (Å²) in [5.74, 6) is -0.274. The van der Waals surface area contributed by atoms with E-state index in [0.717, 1.165) is 0 Å². The lowest BCUT2D eigenvalue weighted by atomic mass is 10.0. The Bertz CT molecular complexity index is 617. The maximum absolute atomic E-state index is 11.0. The van der Waals surface area contributed by atoms with E-state index >= 15 is 0 Å². The van der Waals surface area contributed by atoms with E-state index in [0.29, 0.717) is 23.7 Å². The highest BCUT2D eigenvalue weighted by Gasteiger charge is 2.31. The molecule has 2 aromatic rings. The van der Waals surface area contributed by atoms with Gasteiger partial charge in [-0.25, -0.2) is 4.79 Å². The summed E-state index contributed by atoms with van der Waals surface area (Å²) in [5, 5.41) is 12.9. The zero-order valence-corrected chi connectivity index (χ0v) is 11.6. The van der Waals surface area contributed by atoms with Crippen molar-refractivity contribution < 1.29 is 19.2 Å². The minimum atomic E-state index is -0.995. The zero-order chi connectivity index (χ0) is 14.8. The largest absolute Gasteiger partial charge is 0.478 e. The molecule has 106 valence electrons. The summed E-state index contributed by atoms with van der Waals surface area (Å²) in [6.07, 6.45) is 0.681. The van der Waals surface area contributed by atoms with Gasteiger partial charge >= 0.3 is 5.97 Å². The van der Waals surface area contributed by atoms with Gasteiger partial charge in [0.05, 0.1) is 5.56 Å². The first-order valence-electron chi connectivity index (χ1n) is 6.23. The molecule has 0 saturated carbocycles. The molecule has 1 N–H and O–H groups in total. The van der Waals surface area contributed by atoms with Crippen LogP contribution >= 0.6 is 0 Å². The highest BCUT2D eigenvalue weighted by atomic mass is 16.5. The molecular formula is C14H16N2O4. The number of rotatable bonds is 5. The Labute approximate surface area is 116 Å². The predicted molar refractivity (Wildman–Crippen MR) is 71.3 cm³/mol. The quantitative estimate of drug-likeness (QED) is 0.903. The number of hydrogen-bond donors (Lipinski definition) is 1. The monoisotopic (exact) mass is 276 g/mol. The summed E-state index contributed by atoms with van der Waals surface area (Å²) < 4.78 is 10.6. The minimum Gasteiger partial charge on any atom is -0.478 e. The second-order valence-electron chi connectivity index (χ2n) is 4.60. The van der Waals surface area contributed by atoms with Crippen molar-refractivity contribution in [2.75, 3.05) is 7.11 Å². The van der Waals surface area contributed by atoms with Gasteiger partial charge in [-0.05, 0) is 25.5 Å². The fraction of sp³-hybridized carbons (Fsp3) is 0.357. The summed E-state index contributed by atoms with van der Waals surface area (Å²) in [4.78, 5) is 15.3. The molecule has 0 aliphatic rings. The number of aromatic nitrogens is 2. The van der Waals surface area contributed by atoms with Crippen molar-refractivity contribution in [3.05, 3.63) is 35.7 Å². The van der Waals surface area contributed by atoms with Gasteiger partial charge < -0.3 is 14.4 Å². The van der Waals surface area contributed by atoms with Crippen LogP contribution in [-0.4, -0.2) is 28.3 Å². The second-order valence-corrected chi connectivity index (χ2v) is 4.60. The van der Waals surface area contributed by atoms with Crippen molar-refractivity contribution in [3.8, 4) is 11.4 Å². The number of carboxylic acid groups (broad SMARTS) is 1. The molecule has 1 aromatic carbocycles. The van der Waals surface area contributed by atoms with Crippen LogP contribution in [0.2, 0.25) is 0 Å². The molecule has 6 heteroatoms. The molecule has 20 heavy (non-hydrogen) atoms. The van der Waals surface area contributed by atoms with Gasteiger partial charge in [0.1, 0.15) is 5.60 Å². The van der Waals surface area contributed by atoms with Gasteiger partial charge in [-0.3, -0.25) is 0 Å². The van der Waals surface area contributed by atoms with Crippen LogP contribution in [0.4, 0.5) is 0 Å². The van der Waals surface area contributed by atoms with E-state index < -0.39 is 11.6 Å². The van der Waals surface area contributed by atoms with Gasteiger partial charge in [0, 0.05) is 12.7 Å². The molecule has 0 saturated heterocycles. The van der Waals surface area contributed by atoms with Gasteiger partial charge in [-0.1, -0.05) is 24.2 Å². The van der Waals surface area contributed by atoms with Crippen LogP contribution < -0.4 is 0 Å². The van der Waals surface area contributed by atoms with Gasteiger partial charge in [0.25, 0.3) is 5.89 Å². The Morgan fingerprint density at radius 3 is 2.85 bits per heavy atom. The molecule has 0 fully saturated rings. The lowest BCUT2D eigenvalue weighted by Gasteiger charge is -2.21. The van der Waals surface area contributed by atoms with E-state index in [9.17, 15) is 4.79 Å². The number of ether oxygens (including phenoxy) is 1.